The number of ketones is 1. The van der Waals surface area contributed by atoms with Gasteiger partial charge in [0.25, 0.3) is 0 Å². The van der Waals surface area contributed by atoms with Crippen LogP contribution in [0.4, 0.5) is 0 Å². The highest BCUT2D eigenvalue weighted by Gasteiger charge is 2.15. The predicted octanol–water partition coefficient (Wildman–Crippen LogP) is 2.62. The minimum atomic E-state index is -0.454. The van der Waals surface area contributed by atoms with Gasteiger partial charge in [-0.25, -0.2) is 4.79 Å². The molecule has 0 saturated heterocycles. The van der Waals surface area contributed by atoms with Crippen molar-refractivity contribution in [3.63, 3.8) is 0 Å². The minimum absolute atomic E-state index is 0.0462. The largest absolute Gasteiger partial charge is 0.466 e. The lowest BCUT2D eigenvalue weighted by atomic mass is 10.00. The van der Waals surface area contributed by atoms with Crippen LogP contribution in [0.3, 0.4) is 0 Å². The second kappa shape index (κ2) is 5.99. The summed E-state index contributed by atoms with van der Waals surface area (Å²) < 4.78 is 4.65. The van der Waals surface area contributed by atoms with Gasteiger partial charge in [-0.15, -0.1) is 0 Å². The van der Waals surface area contributed by atoms with Crippen molar-refractivity contribution in [2.75, 3.05) is 7.11 Å². The second-order valence-electron chi connectivity index (χ2n) is 3.98. The van der Waals surface area contributed by atoms with Crippen LogP contribution in [0.2, 0.25) is 0 Å². The van der Waals surface area contributed by atoms with Crippen molar-refractivity contribution in [1.82, 2.24) is 0 Å². The molecule has 0 radical (unpaired) electrons. The molecule has 3 nitrogen and oxygen atoms in total. The maximum absolute atomic E-state index is 11.9. The van der Waals surface area contributed by atoms with Crippen molar-refractivity contribution in [2.45, 2.75) is 13.8 Å². The summed E-state index contributed by atoms with van der Waals surface area (Å²) >= 11 is 0. The Kier molecular flexibility index (Phi) is 4.64. The third kappa shape index (κ3) is 3.55. The average molecular weight is 232 g/mol. The molecule has 0 fully saturated rings. The Bertz CT molecular complexity index is 430. The molecule has 0 spiro atoms. The first-order valence-electron chi connectivity index (χ1n) is 5.45. The van der Waals surface area contributed by atoms with E-state index in [-0.39, 0.29) is 11.7 Å². The number of rotatable bonds is 4. The van der Waals surface area contributed by atoms with E-state index in [0.717, 1.165) is 0 Å². The van der Waals surface area contributed by atoms with Gasteiger partial charge in [0.1, 0.15) is 0 Å². The predicted molar refractivity (Wildman–Crippen MR) is 65.7 cm³/mol. The van der Waals surface area contributed by atoms with Gasteiger partial charge in [0.05, 0.1) is 7.11 Å². The molecule has 90 valence electrons. The zero-order valence-corrected chi connectivity index (χ0v) is 10.3. The summed E-state index contributed by atoms with van der Waals surface area (Å²) in [5.74, 6) is -0.681. The van der Waals surface area contributed by atoms with E-state index in [1.54, 1.807) is 24.3 Å². The Morgan fingerprint density at radius 1 is 1.18 bits per heavy atom. The smallest absolute Gasteiger partial charge is 0.334 e. The molecule has 1 aromatic carbocycles. The minimum Gasteiger partial charge on any atom is -0.466 e. The number of ether oxygens (including phenoxy) is 1. The van der Waals surface area contributed by atoms with Crippen LogP contribution in [0, 0.1) is 5.92 Å². The van der Waals surface area contributed by atoms with Gasteiger partial charge < -0.3 is 4.74 Å². The first-order chi connectivity index (χ1) is 8.06. The Morgan fingerprint density at radius 2 is 1.76 bits per heavy atom. The topological polar surface area (TPSA) is 43.4 Å². The van der Waals surface area contributed by atoms with E-state index in [2.05, 4.69) is 4.74 Å². The van der Waals surface area contributed by atoms with Crippen molar-refractivity contribution in [1.29, 1.82) is 0 Å². The molecule has 0 atom stereocenters. The molecule has 0 N–H and O–H groups in total. The lowest BCUT2D eigenvalue weighted by Gasteiger charge is -2.08. The fourth-order valence-corrected chi connectivity index (χ4v) is 1.41. The molecule has 1 rings (SSSR count). The molecule has 0 aromatic heterocycles. The molecule has 3 heteroatoms. The Hall–Kier alpha value is -1.90. The quantitative estimate of drug-likeness (QED) is 0.455. The summed E-state index contributed by atoms with van der Waals surface area (Å²) in [5, 5.41) is 0. The summed E-state index contributed by atoms with van der Waals surface area (Å²) in [6.07, 6.45) is 1.35. The van der Waals surface area contributed by atoms with Crippen LogP contribution >= 0.6 is 0 Å². The van der Waals surface area contributed by atoms with Crippen LogP contribution in [-0.2, 0) is 9.53 Å². The number of allylic oxidation sites excluding steroid dienone is 1. The first kappa shape index (κ1) is 13.2. The van der Waals surface area contributed by atoms with Crippen LogP contribution < -0.4 is 0 Å². The Morgan fingerprint density at radius 3 is 2.24 bits per heavy atom. The number of hydrogen-bond donors (Lipinski definition) is 0. The van der Waals surface area contributed by atoms with Crippen molar-refractivity contribution in [3.8, 4) is 0 Å². The van der Waals surface area contributed by atoms with E-state index in [1.165, 1.54) is 13.2 Å². The molecule has 0 aliphatic heterocycles. The number of esters is 1. The van der Waals surface area contributed by atoms with E-state index in [9.17, 15) is 9.59 Å². The van der Waals surface area contributed by atoms with Crippen molar-refractivity contribution in [3.05, 3.63) is 47.5 Å². The highest BCUT2D eigenvalue weighted by Crippen LogP contribution is 2.13. The average Bonchev–Trinajstić information content (AvgIpc) is 2.35. The zero-order valence-electron chi connectivity index (χ0n) is 10.3. The zero-order chi connectivity index (χ0) is 12.8. The van der Waals surface area contributed by atoms with Crippen LogP contribution in [0.1, 0.15) is 24.2 Å². The summed E-state index contributed by atoms with van der Waals surface area (Å²) in [7, 11) is 1.31. The molecule has 0 aliphatic carbocycles. The number of benzene rings is 1. The van der Waals surface area contributed by atoms with Gasteiger partial charge in [0.2, 0.25) is 0 Å². The van der Waals surface area contributed by atoms with Gasteiger partial charge in [0.15, 0.2) is 5.78 Å². The van der Waals surface area contributed by atoms with Gasteiger partial charge >= 0.3 is 5.97 Å². The molecule has 0 saturated carbocycles. The Labute approximate surface area is 101 Å². The summed E-state index contributed by atoms with van der Waals surface area (Å²) in [6.45, 7) is 3.70. The lowest BCUT2D eigenvalue weighted by molar-refractivity contribution is -0.136. The molecule has 0 heterocycles. The van der Waals surface area contributed by atoms with E-state index in [0.29, 0.717) is 11.1 Å². The van der Waals surface area contributed by atoms with E-state index < -0.39 is 5.97 Å². The monoisotopic (exact) mass is 232 g/mol. The molecule has 1 aromatic rings. The SMILES string of the molecule is COC(=O)/C(=C/C(=O)c1ccccc1)C(C)C. The van der Waals surface area contributed by atoms with Crippen molar-refractivity contribution >= 4 is 11.8 Å². The molecule has 0 amide bonds. The van der Waals surface area contributed by atoms with E-state index in [1.807, 2.05) is 19.9 Å². The number of carbonyl (C=O) groups excluding carboxylic acids is 2. The molecule has 17 heavy (non-hydrogen) atoms. The highest BCUT2D eigenvalue weighted by molar-refractivity contribution is 6.08. The summed E-state index contributed by atoms with van der Waals surface area (Å²) in [4.78, 5) is 23.4. The lowest BCUT2D eigenvalue weighted by Crippen LogP contribution is -2.12. The van der Waals surface area contributed by atoms with Gasteiger partial charge in [-0.3, -0.25) is 4.79 Å². The second-order valence-corrected chi connectivity index (χ2v) is 3.98. The van der Waals surface area contributed by atoms with Crippen LogP contribution in [0.5, 0.6) is 0 Å². The number of methoxy groups -OCH3 is 1. The van der Waals surface area contributed by atoms with Crippen molar-refractivity contribution in [2.24, 2.45) is 5.92 Å². The van der Waals surface area contributed by atoms with E-state index >= 15 is 0 Å². The summed E-state index contributed by atoms with van der Waals surface area (Å²) in [5.41, 5.74) is 0.955. The summed E-state index contributed by atoms with van der Waals surface area (Å²) in [6, 6.07) is 8.84. The van der Waals surface area contributed by atoms with E-state index in [4.69, 9.17) is 0 Å². The molecule has 0 aliphatic rings. The normalized spacial score (nSPS) is 11.4. The molecular weight excluding hydrogens is 216 g/mol. The molecule has 0 unspecified atom stereocenters. The van der Waals surface area contributed by atoms with Crippen LogP contribution in [0.25, 0.3) is 0 Å². The standard InChI is InChI=1S/C14H16O3/c1-10(2)12(14(16)17-3)9-13(15)11-7-5-4-6-8-11/h4-10H,1-3H3/b12-9+. The third-order valence-corrected chi connectivity index (χ3v) is 2.39. The van der Waals surface area contributed by atoms with Crippen molar-refractivity contribution < 1.29 is 14.3 Å². The fourth-order valence-electron chi connectivity index (χ4n) is 1.41. The van der Waals surface area contributed by atoms with Gasteiger partial charge in [-0.2, -0.15) is 0 Å². The van der Waals surface area contributed by atoms with Gasteiger partial charge in [-0.1, -0.05) is 44.2 Å². The highest BCUT2D eigenvalue weighted by atomic mass is 16.5. The number of hydrogen-bond acceptors (Lipinski definition) is 3. The molecule has 0 bridgehead atoms. The van der Waals surface area contributed by atoms with Crippen LogP contribution in [0.15, 0.2) is 42.0 Å². The number of carbonyl (C=O) groups is 2. The Balaban J connectivity index is 3.00. The maximum atomic E-state index is 11.9. The fraction of sp³-hybridized carbons (Fsp3) is 0.286. The van der Waals surface area contributed by atoms with Gasteiger partial charge in [0, 0.05) is 11.1 Å². The maximum Gasteiger partial charge on any atom is 0.334 e. The molecular formula is C14H16O3. The van der Waals surface area contributed by atoms with Gasteiger partial charge in [-0.05, 0) is 12.0 Å². The van der Waals surface area contributed by atoms with Crippen LogP contribution in [-0.4, -0.2) is 18.9 Å². The first-order valence-corrected chi connectivity index (χ1v) is 5.45. The third-order valence-electron chi connectivity index (χ3n) is 2.39.